The highest BCUT2D eigenvalue weighted by atomic mass is 79.9. The Bertz CT molecular complexity index is 230. The van der Waals surface area contributed by atoms with Gasteiger partial charge in [-0.2, -0.15) is 0 Å². The number of hydrogen-bond acceptors (Lipinski definition) is 1. The van der Waals surface area contributed by atoms with Crippen molar-refractivity contribution >= 4 is 31.9 Å². The quantitative estimate of drug-likeness (QED) is 0.771. The van der Waals surface area contributed by atoms with Gasteiger partial charge in [0.15, 0.2) is 4.67 Å². The van der Waals surface area contributed by atoms with Gasteiger partial charge in [0.05, 0.1) is 0 Å². The minimum Gasteiger partial charge on any atom is -0.454 e. The smallest absolute Gasteiger partial charge is 0.169 e. The summed E-state index contributed by atoms with van der Waals surface area (Å²) >= 11 is 6.68. The molecular formula is C8H10Br2O. The average Bonchev–Trinajstić information content (AvgIpc) is 2.26. The van der Waals surface area contributed by atoms with Crippen molar-refractivity contribution in [2.24, 2.45) is 0 Å². The highest BCUT2D eigenvalue weighted by Crippen LogP contribution is 2.20. The molecule has 0 unspecified atom stereocenters. The number of furan rings is 1. The average molecular weight is 282 g/mol. The van der Waals surface area contributed by atoms with E-state index in [1.807, 2.05) is 6.07 Å². The minimum atomic E-state index is 0.833. The van der Waals surface area contributed by atoms with Crippen LogP contribution in [0.5, 0.6) is 0 Å². The van der Waals surface area contributed by atoms with Crippen LogP contribution in [-0.4, -0.2) is 5.33 Å². The molecule has 11 heavy (non-hydrogen) atoms. The summed E-state index contributed by atoms with van der Waals surface area (Å²) in [4.78, 5) is 0. The molecule has 1 heterocycles. The fourth-order valence-corrected chi connectivity index (χ4v) is 1.77. The Morgan fingerprint density at radius 1 is 1.55 bits per heavy atom. The van der Waals surface area contributed by atoms with Crippen LogP contribution in [0.4, 0.5) is 0 Å². The van der Waals surface area contributed by atoms with Crippen molar-refractivity contribution in [1.29, 1.82) is 0 Å². The molecule has 0 aliphatic rings. The van der Waals surface area contributed by atoms with E-state index in [1.165, 1.54) is 5.56 Å². The standard InChI is InChI=1S/C8H10Br2O/c1-6-5-8(10)11-7(6)3-2-4-9/h5H,2-4H2,1H3. The van der Waals surface area contributed by atoms with Gasteiger partial charge in [-0.1, -0.05) is 15.9 Å². The van der Waals surface area contributed by atoms with Crippen LogP contribution in [0.15, 0.2) is 15.2 Å². The Kier molecular flexibility index (Phi) is 3.66. The van der Waals surface area contributed by atoms with Gasteiger partial charge in [-0.3, -0.25) is 0 Å². The lowest BCUT2D eigenvalue weighted by Gasteiger charge is -1.93. The Labute approximate surface area is 83.4 Å². The molecule has 0 aromatic carbocycles. The molecule has 0 spiro atoms. The molecule has 0 saturated heterocycles. The third kappa shape index (κ3) is 2.64. The molecular weight excluding hydrogens is 272 g/mol. The van der Waals surface area contributed by atoms with Crippen LogP contribution in [0, 0.1) is 6.92 Å². The molecule has 3 heteroatoms. The van der Waals surface area contributed by atoms with E-state index in [9.17, 15) is 0 Å². The molecule has 1 aromatic heterocycles. The summed E-state index contributed by atoms with van der Waals surface area (Å²) in [5.41, 5.74) is 1.23. The topological polar surface area (TPSA) is 13.1 Å². The van der Waals surface area contributed by atoms with E-state index in [-0.39, 0.29) is 0 Å². The van der Waals surface area contributed by atoms with Crippen LogP contribution in [0.1, 0.15) is 17.7 Å². The molecule has 0 fully saturated rings. The summed E-state index contributed by atoms with van der Waals surface area (Å²) < 4.78 is 6.25. The van der Waals surface area contributed by atoms with Gasteiger partial charge in [0.25, 0.3) is 0 Å². The van der Waals surface area contributed by atoms with Crippen molar-refractivity contribution in [2.75, 3.05) is 5.33 Å². The van der Waals surface area contributed by atoms with Gasteiger partial charge in [0.2, 0.25) is 0 Å². The summed E-state index contributed by atoms with van der Waals surface area (Å²) in [6.45, 7) is 2.07. The van der Waals surface area contributed by atoms with Gasteiger partial charge < -0.3 is 4.42 Å². The first-order valence-electron chi connectivity index (χ1n) is 3.55. The SMILES string of the molecule is Cc1cc(Br)oc1CCCBr. The zero-order valence-corrected chi connectivity index (χ0v) is 9.53. The van der Waals surface area contributed by atoms with Crippen LogP contribution in [0.2, 0.25) is 0 Å². The van der Waals surface area contributed by atoms with Crippen LogP contribution in [0.3, 0.4) is 0 Å². The Morgan fingerprint density at radius 2 is 2.27 bits per heavy atom. The second kappa shape index (κ2) is 4.31. The van der Waals surface area contributed by atoms with Crippen LogP contribution in [-0.2, 0) is 6.42 Å². The largest absolute Gasteiger partial charge is 0.454 e. The van der Waals surface area contributed by atoms with Crippen molar-refractivity contribution in [1.82, 2.24) is 0 Å². The zero-order chi connectivity index (χ0) is 8.27. The second-order valence-electron chi connectivity index (χ2n) is 2.45. The number of aryl methyl sites for hydroxylation is 2. The molecule has 1 aromatic rings. The normalized spacial score (nSPS) is 10.5. The van der Waals surface area contributed by atoms with E-state index in [2.05, 4.69) is 38.8 Å². The van der Waals surface area contributed by atoms with Crippen molar-refractivity contribution in [3.05, 3.63) is 22.1 Å². The third-order valence-electron chi connectivity index (χ3n) is 1.53. The zero-order valence-electron chi connectivity index (χ0n) is 6.36. The number of halogens is 2. The first-order chi connectivity index (χ1) is 5.24. The van der Waals surface area contributed by atoms with Crippen LogP contribution in [0.25, 0.3) is 0 Å². The van der Waals surface area contributed by atoms with Gasteiger partial charge >= 0.3 is 0 Å². The Morgan fingerprint density at radius 3 is 2.73 bits per heavy atom. The van der Waals surface area contributed by atoms with Crippen LogP contribution < -0.4 is 0 Å². The Balaban J connectivity index is 2.62. The number of hydrogen-bond donors (Lipinski definition) is 0. The van der Waals surface area contributed by atoms with Crippen LogP contribution >= 0.6 is 31.9 Å². The van der Waals surface area contributed by atoms with Crippen molar-refractivity contribution in [3.63, 3.8) is 0 Å². The molecule has 0 aliphatic carbocycles. The van der Waals surface area contributed by atoms with Crippen molar-refractivity contribution in [2.45, 2.75) is 19.8 Å². The number of alkyl halides is 1. The molecule has 0 amide bonds. The summed E-state index contributed by atoms with van der Waals surface area (Å²) in [6.07, 6.45) is 2.14. The van der Waals surface area contributed by atoms with Gasteiger partial charge in [0.1, 0.15) is 5.76 Å². The molecule has 0 N–H and O–H groups in total. The number of rotatable bonds is 3. The van der Waals surface area contributed by atoms with E-state index in [4.69, 9.17) is 4.42 Å². The molecule has 0 saturated carbocycles. The molecule has 0 radical (unpaired) electrons. The summed E-state index contributed by atoms with van der Waals surface area (Å²) in [5, 5.41) is 1.03. The lowest BCUT2D eigenvalue weighted by Crippen LogP contribution is -1.84. The van der Waals surface area contributed by atoms with Gasteiger partial charge in [0, 0.05) is 11.8 Å². The molecule has 0 aliphatic heterocycles. The fourth-order valence-electron chi connectivity index (χ4n) is 0.954. The maximum absolute atomic E-state index is 5.41. The lowest BCUT2D eigenvalue weighted by molar-refractivity contribution is 0.483. The predicted molar refractivity (Wildman–Crippen MR) is 53.3 cm³/mol. The highest BCUT2D eigenvalue weighted by Gasteiger charge is 2.03. The maximum Gasteiger partial charge on any atom is 0.169 e. The second-order valence-corrected chi connectivity index (χ2v) is 4.02. The van der Waals surface area contributed by atoms with E-state index in [1.54, 1.807) is 0 Å². The first kappa shape index (κ1) is 9.33. The minimum absolute atomic E-state index is 0.833. The van der Waals surface area contributed by atoms with E-state index in [0.717, 1.165) is 28.6 Å². The van der Waals surface area contributed by atoms with Gasteiger partial charge in [-0.15, -0.1) is 0 Å². The molecule has 1 nitrogen and oxygen atoms in total. The fraction of sp³-hybridized carbons (Fsp3) is 0.500. The van der Waals surface area contributed by atoms with Crippen molar-refractivity contribution in [3.8, 4) is 0 Å². The summed E-state index contributed by atoms with van der Waals surface area (Å²) in [7, 11) is 0. The monoisotopic (exact) mass is 280 g/mol. The molecule has 1 rings (SSSR count). The summed E-state index contributed by atoms with van der Waals surface area (Å²) in [6, 6.07) is 2.00. The van der Waals surface area contributed by atoms with E-state index < -0.39 is 0 Å². The molecule has 0 atom stereocenters. The molecule has 62 valence electrons. The highest BCUT2D eigenvalue weighted by molar-refractivity contribution is 9.10. The first-order valence-corrected chi connectivity index (χ1v) is 5.46. The third-order valence-corrected chi connectivity index (χ3v) is 2.48. The lowest BCUT2D eigenvalue weighted by atomic mass is 10.2. The van der Waals surface area contributed by atoms with E-state index >= 15 is 0 Å². The van der Waals surface area contributed by atoms with Crippen molar-refractivity contribution < 1.29 is 4.42 Å². The Hall–Kier alpha value is 0.240. The maximum atomic E-state index is 5.41. The summed E-state index contributed by atoms with van der Waals surface area (Å²) in [5.74, 6) is 1.09. The van der Waals surface area contributed by atoms with E-state index in [0.29, 0.717) is 0 Å². The van der Waals surface area contributed by atoms with Gasteiger partial charge in [-0.05, 0) is 40.9 Å². The molecule has 0 bridgehead atoms. The van der Waals surface area contributed by atoms with Gasteiger partial charge in [-0.25, -0.2) is 0 Å². The predicted octanol–water partition coefficient (Wildman–Crippen LogP) is 3.68.